The predicted molar refractivity (Wildman–Crippen MR) is 103 cm³/mol. The number of unbranched alkanes of at least 4 members (excludes halogenated alkanes) is 3. The molecule has 0 saturated carbocycles. The lowest BCUT2D eigenvalue weighted by Crippen LogP contribution is -1.97. The first-order valence-electron chi connectivity index (χ1n) is 8.40. The SMILES string of the molecule is O=C(CCCCCCc1ccccc1)c1ncc(-c2cccs2)s1. The van der Waals surface area contributed by atoms with Gasteiger partial charge in [-0.1, -0.05) is 49.2 Å². The van der Waals surface area contributed by atoms with Crippen LogP contribution >= 0.6 is 22.7 Å². The normalized spacial score (nSPS) is 10.8. The Labute approximate surface area is 151 Å². The number of thiophene rings is 1. The smallest absolute Gasteiger partial charge is 0.191 e. The minimum Gasteiger partial charge on any atom is -0.292 e. The van der Waals surface area contributed by atoms with Crippen molar-refractivity contribution in [2.24, 2.45) is 0 Å². The number of hydrogen-bond donors (Lipinski definition) is 0. The Balaban J connectivity index is 1.35. The molecule has 0 aliphatic rings. The highest BCUT2D eigenvalue weighted by atomic mass is 32.1. The summed E-state index contributed by atoms with van der Waals surface area (Å²) in [4.78, 5) is 18.8. The van der Waals surface area contributed by atoms with E-state index in [0.717, 1.165) is 24.1 Å². The summed E-state index contributed by atoms with van der Waals surface area (Å²) in [6.07, 6.45) is 8.01. The van der Waals surface area contributed by atoms with Crippen LogP contribution in [-0.2, 0) is 6.42 Å². The zero-order valence-electron chi connectivity index (χ0n) is 13.6. The molecule has 0 N–H and O–H groups in total. The highest BCUT2D eigenvalue weighted by Crippen LogP contribution is 2.30. The lowest BCUT2D eigenvalue weighted by Gasteiger charge is -2.01. The number of thiazole rings is 1. The topological polar surface area (TPSA) is 30.0 Å². The molecular formula is C20H21NOS2. The van der Waals surface area contributed by atoms with Crippen molar-refractivity contribution in [2.45, 2.75) is 38.5 Å². The van der Waals surface area contributed by atoms with E-state index in [1.54, 1.807) is 11.3 Å². The molecule has 2 aromatic heterocycles. The molecule has 2 nitrogen and oxygen atoms in total. The van der Waals surface area contributed by atoms with E-state index >= 15 is 0 Å². The van der Waals surface area contributed by atoms with E-state index in [1.807, 2.05) is 17.6 Å². The van der Waals surface area contributed by atoms with E-state index < -0.39 is 0 Å². The molecule has 0 fully saturated rings. The minimum absolute atomic E-state index is 0.186. The molecule has 24 heavy (non-hydrogen) atoms. The van der Waals surface area contributed by atoms with Gasteiger partial charge in [0.05, 0.1) is 4.88 Å². The highest BCUT2D eigenvalue weighted by molar-refractivity contribution is 7.22. The lowest BCUT2D eigenvalue weighted by atomic mass is 10.0. The molecule has 2 heterocycles. The second-order valence-electron chi connectivity index (χ2n) is 5.83. The zero-order chi connectivity index (χ0) is 16.6. The van der Waals surface area contributed by atoms with Crippen LogP contribution in [0.1, 0.15) is 47.5 Å². The van der Waals surface area contributed by atoms with Crippen LogP contribution in [-0.4, -0.2) is 10.8 Å². The van der Waals surface area contributed by atoms with Crippen LogP contribution in [0, 0.1) is 0 Å². The van der Waals surface area contributed by atoms with Crippen molar-refractivity contribution in [1.82, 2.24) is 4.98 Å². The van der Waals surface area contributed by atoms with Gasteiger partial charge in [0.25, 0.3) is 0 Å². The van der Waals surface area contributed by atoms with Gasteiger partial charge in [0.15, 0.2) is 10.8 Å². The molecule has 0 saturated heterocycles. The molecule has 0 atom stereocenters. The fraction of sp³-hybridized carbons (Fsp3) is 0.300. The summed E-state index contributed by atoms with van der Waals surface area (Å²) in [5, 5.41) is 2.70. The van der Waals surface area contributed by atoms with Crippen molar-refractivity contribution in [2.75, 3.05) is 0 Å². The molecule has 1 aromatic carbocycles. The second kappa shape index (κ2) is 8.90. The molecule has 0 aliphatic heterocycles. The molecule has 124 valence electrons. The lowest BCUT2D eigenvalue weighted by molar-refractivity contribution is 0.0978. The maximum atomic E-state index is 12.2. The maximum Gasteiger partial charge on any atom is 0.191 e. The number of carbonyl (C=O) groups is 1. The molecule has 3 rings (SSSR count). The second-order valence-corrected chi connectivity index (χ2v) is 7.81. The van der Waals surface area contributed by atoms with E-state index in [4.69, 9.17) is 0 Å². The molecule has 4 heteroatoms. The van der Waals surface area contributed by atoms with Crippen LogP contribution in [0.5, 0.6) is 0 Å². The van der Waals surface area contributed by atoms with Gasteiger partial charge in [0.2, 0.25) is 0 Å². The zero-order valence-corrected chi connectivity index (χ0v) is 15.2. The third-order valence-corrected chi connectivity index (χ3v) is 6.07. The number of rotatable bonds is 9. The van der Waals surface area contributed by atoms with Crippen molar-refractivity contribution in [3.63, 3.8) is 0 Å². The van der Waals surface area contributed by atoms with Crippen LogP contribution in [0.25, 0.3) is 9.75 Å². The Hall–Kier alpha value is -1.78. The average molecular weight is 356 g/mol. The Kier molecular flexibility index (Phi) is 6.33. The van der Waals surface area contributed by atoms with Crippen molar-refractivity contribution >= 4 is 28.5 Å². The van der Waals surface area contributed by atoms with Crippen molar-refractivity contribution in [3.05, 3.63) is 64.6 Å². The monoisotopic (exact) mass is 355 g/mol. The van der Waals surface area contributed by atoms with Gasteiger partial charge in [0.1, 0.15) is 0 Å². The summed E-state index contributed by atoms with van der Waals surface area (Å²) in [5.41, 5.74) is 1.40. The molecule has 0 spiro atoms. The van der Waals surface area contributed by atoms with E-state index in [-0.39, 0.29) is 5.78 Å². The van der Waals surface area contributed by atoms with Gasteiger partial charge < -0.3 is 0 Å². The largest absolute Gasteiger partial charge is 0.292 e. The van der Waals surface area contributed by atoms with Gasteiger partial charge in [-0.3, -0.25) is 4.79 Å². The molecule has 0 aliphatic carbocycles. The van der Waals surface area contributed by atoms with Gasteiger partial charge in [0, 0.05) is 17.5 Å². The Morgan fingerprint density at radius 2 is 1.75 bits per heavy atom. The number of Topliss-reactive ketones (excluding diaryl/α,β-unsaturated/α-hetero) is 1. The van der Waals surface area contributed by atoms with E-state index in [0.29, 0.717) is 11.4 Å². The molecule has 0 unspecified atom stereocenters. The summed E-state index contributed by atoms with van der Waals surface area (Å²) in [5.74, 6) is 0.186. The number of carbonyl (C=O) groups excluding carboxylic acids is 1. The van der Waals surface area contributed by atoms with E-state index in [1.165, 1.54) is 34.6 Å². The predicted octanol–water partition coefficient (Wildman–Crippen LogP) is 6.25. The Morgan fingerprint density at radius 1 is 0.917 bits per heavy atom. The van der Waals surface area contributed by atoms with Gasteiger partial charge in [-0.25, -0.2) is 4.98 Å². The van der Waals surface area contributed by atoms with Gasteiger partial charge in [-0.05, 0) is 36.3 Å². The summed E-state index contributed by atoms with van der Waals surface area (Å²) in [6, 6.07) is 14.7. The van der Waals surface area contributed by atoms with Crippen molar-refractivity contribution in [1.29, 1.82) is 0 Å². The summed E-state index contributed by atoms with van der Waals surface area (Å²) < 4.78 is 0. The van der Waals surface area contributed by atoms with E-state index in [2.05, 4.69) is 41.4 Å². The number of benzene rings is 1. The summed E-state index contributed by atoms with van der Waals surface area (Å²) >= 11 is 3.20. The standard InChI is InChI=1S/C20H21NOS2/c22-17(20-21-15-19(24-20)18-13-8-14-23-18)12-7-2-1-4-9-16-10-5-3-6-11-16/h3,5-6,8,10-11,13-15H,1-2,4,7,9,12H2. The number of nitrogens with zero attached hydrogens (tertiary/aromatic N) is 1. The molecule has 0 radical (unpaired) electrons. The minimum atomic E-state index is 0.186. The van der Waals surface area contributed by atoms with Crippen LogP contribution in [0.15, 0.2) is 54.0 Å². The van der Waals surface area contributed by atoms with Crippen LogP contribution in [0.3, 0.4) is 0 Å². The molecule has 0 bridgehead atoms. The van der Waals surface area contributed by atoms with Gasteiger partial charge >= 0.3 is 0 Å². The van der Waals surface area contributed by atoms with Crippen LogP contribution in [0.2, 0.25) is 0 Å². The Bertz CT molecular complexity index is 747. The molecule has 0 amide bonds. The van der Waals surface area contributed by atoms with Crippen LogP contribution in [0.4, 0.5) is 0 Å². The number of hydrogen-bond acceptors (Lipinski definition) is 4. The van der Waals surface area contributed by atoms with Crippen LogP contribution < -0.4 is 0 Å². The van der Waals surface area contributed by atoms with Gasteiger partial charge in [-0.2, -0.15) is 0 Å². The average Bonchev–Trinajstić information content (AvgIpc) is 3.29. The highest BCUT2D eigenvalue weighted by Gasteiger charge is 2.12. The molecular weight excluding hydrogens is 334 g/mol. The Morgan fingerprint density at radius 3 is 2.54 bits per heavy atom. The van der Waals surface area contributed by atoms with Crippen molar-refractivity contribution < 1.29 is 4.79 Å². The quantitative estimate of drug-likeness (QED) is 0.335. The number of aryl methyl sites for hydroxylation is 1. The summed E-state index contributed by atoms with van der Waals surface area (Å²) in [6.45, 7) is 0. The first kappa shape index (κ1) is 17.1. The number of aromatic nitrogens is 1. The molecule has 3 aromatic rings. The first-order valence-corrected chi connectivity index (χ1v) is 10.1. The maximum absolute atomic E-state index is 12.2. The van der Waals surface area contributed by atoms with Gasteiger partial charge in [-0.15, -0.1) is 22.7 Å². The first-order chi connectivity index (χ1) is 11.8. The third-order valence-electron chi connectivity index (χ3n) is 3.97. The number of ketones is 1. The fourth-order valence-corrected chi connectivity index (χ4v) is 4.36. The summed E-state index contributed by atoms with van der Waals surface area (Å²) in [7, 11) is 0. The van der Waals surface area contributed by atoms with Crippen molar-refractivity contribution in [3.8, 4) is 9.75 Å². The fourth-order valence-electron chi connectivity index (χ4n) is 2.66. The van der Waals surface area contributed by atoms with E-state index in [9.17, 15) is 4.79 Å². The third kappa shape index (κ3) is 4.86.